The number of para-hydroxylation sites is 1. The van der Waals surface area contributed by atoms with Crippen LogP contribution in [0.3, 0.4) is 0 Å². The number of nitrogens with two attached hydrogens (primary N) is 1. The van der Waals surface area contributed by atoms with Crippen LogP contribution in [0.15, 0.2) is 36.7 Å². The highest BCUT2D eigenvalue weighted by Gasteiger charge is 2.09. The molecule has 0 saturated carbocycles. The van der Waals surface area contributed by atoms with Gasteiger partial charge in [-0.15, -0.1) is 0 Å². The van der Waals surface area contributed by atoms with Crippen molar-refractivity contribution in [1.29, 1.82) is 0 Å². The van der Waals surface area contributed by atoms with Gasteiger partial charge in [0.2, 0.25) is 5.88 Å². The van der Waals surface area contributed by atoms with Crippen LogP contribution in [0.25, 0.3) is 0 Å². The summed E-state index contributed by atoms with van der Waals surface area (Å²) in [6.07, 6.45) is 3.26. The van der Waals surface area contributed by atoms with Crippen molar-refractivity contribution in [2.24, 2.45) is 0 Å². The molecule has 19 heavy (non-hydrogen) atoms. The van der Waals surface area contributed by atoms with Crippen LogP contribution in [0, 0.1) is 0 Å². The lowest BCUT2D eigenvalue weighted by Gasteiger charge is -2.16. The summed E-state index contributed by atoms with van der Waals surface area (Å²) in [5.41, 5.74) is 7.75. The Morgan fingerprint density at radius 2 is 2.11 bits per heavy atom. The molecule has 0 fully saturated rings. The van der Waals surface area contributed by atoms with Crippen LogP contribution in [-0.4, -0.2) is 16.6 Å². The number of anilines is 2. The molecule has 0 bridgehead atoms. The Hall–Kier alpha value is -2.30. The molecule has 0 saturated heterocycles. The molecule has 1 aromatic carbocycles. The number of aromatic nitrogens is 2. The van der Waals surface area contributed by atoms with Gasteiger partial charge >= 0.3 is 0 Å². The smallest absolute Gasteiger partial charge is 0.234 e. The van der Waals surface area contributed by atoms with Gasteiger partial charge in [-0.05, 0) is 25.5 Å². The van der Waals surface area contributed by atoms with Crippen LogP contribution in [0.1, 0.15) is 25.5 Å². The number of rotatable bonds is 5. The van der Waals surface area contributed by atoms with E-state index in [0.29, 0.717) is 18.3 Å². The lowest BCUT2D eigenvalue weighted by Crippen LogP contribution is -2.10. The molecule has 1 atom stereocenters. The molecule has 0 aliphatic rings. The maximum absolute atomic E-state index is 5.95. The van der Waals surface area contributed by atoms with E-state index in [2.05, 4.69) is 15.3 Å². The number of nitrogen functional groups attached to an aromatic ring is 1. The second-order valence-corrected chi connectivity index (χ2v) is 4.17. The molecule has 1 heterocycles. The van der Waals surface area contributed by atoms with Gasteiger partial charge in [0, 0.05) is 5.69 Å². The second-order valence-electron chi connectivity index (χ2n) is 4.17. The third kappa shape index (κ3) is 3.34. The number of hydrogen-bond donors (Lipinski definition) is 2. The standard InChI is InChI=1S/C14H18N4O/c1-3-19-14-9-16-8-13(18-14)17-10(2)11-6-4-5-7-12(11)15/h4-10H,3,15H2,1-2H3,(H,17,18). The fourth-order valence-corrected chi connectivity index (χ4v) is 1.84. The Kier molecular flexibility index (Phi) is 4.18. The van der Waals surface area contributed by atoms with Crippen LogP contribution < -0.4 is 15.8 Å². The molecule has 5 heteroatoms. The van der Waals surface area contributed by atoms with Crippen molar-refractivity contribution in [1.82, 2.24) is 9.97 Å². The van der Waals surface area contributed by atoms with Crippen molar-refractivity contribution in [3.63, 3.8) is 0 Å². The van der Waals surface area contributed by atoms with Crippen LogP contribution >= 0.6 is 0 Å². The van der Waals surface area contributed by atoms with Gasteiger partial charge in [0.1, 0.15) is 5.82 Å². The normalized spacial score (nSPS) is 11.9. The maximum Gasteiger partial charge on any atom is 0.234 e. The van der Waals surface area contributed by atoms with E-state index in [4.69, 9.17) is 10.5 Å². The minimum absolute atomic E-state index is 0.0485. The minimum Gasteiger partial charge on any atom is -0.477 e. The SMILES string of the molecule is CCOc1cncc(NC(C)c2ccccc2N)n1. The predicted octanol–water partition coefficient (Wildman–Crippen LogP) is 2.63. The Labute approximate surface area is 112 Å². The first-order valence-electron chi connectivity index (χ1n) is 6.26. The van der Waals surface area contributed by atoms with Crippen molar-refractivity contribution < 1.29 is 4.74 Å². The van der Waals surface area contributed by atoms with Crippen molar-refractivity contribution in [3.8, 4) is 5.88 Å². The van der Waals surface area contributed by atoms with Crippen molar-refractivity contribution in [2.45, 2.75) is 19.9 Å². The molecule has 1 aromatic heterocycles. The highest BCUT2D eigenvalue weighted by molar-refractivity contribution is 5.50. The topological polar surface area (TPSA) is 73.1 Å². The Morgan fingerprint density at radius 1 is 1.32 bits per heavy atom. The summed E-state index contributed by atoms with van der Waals surface area (Å²) in [5.74, 6) is 1.18. The molecule has 0 aliphatic carbocycles. The summed E-state index contributed by atoms with van der Waals surface area (Å²) in [6, 6.07) is 7.81. The highest BCUT2D eigenvalue weighted by atomic mass is 16.5. The van der Waals surface area contributed by atoms with Gasteiger partial charge in [0.25, 0.3) is 0 Å². The van der Waals surface area contributed by atoms with Gasteiger partial charge < -0.3 is 15.8 Å². The Balaban J connectivity index is 2.12. The molecule has 100 valence electrons. The zero-order valence-electron chi connectivity index (χ0n) is 11.1. The average molecular weight is 258 g/mol. The predicted molar refractivity (Wildman–Crippen MR) is 76.1 cm³/mol. The van der Waals surface area contributed by atoms with Gasteiger partial charge in [-0.2, -0.15) is 4.98 Å². The zero-order valence-corrected chi connectivity index (χ0v) is 11.1. The Morgan fingerprint density at radius 3 is 2.84 bits per heavy atom. The summed E-state index contributed by atoms with van der Waals surface area (Å²) in [6.45, 7) is 4.51. The van der Waals surface area contributed by atoms with E-state index in [0.717, 1.165) is 11.3 Å². The largest absolute Gasteiger partial charge is 0.477 e. The van der Waals surface area contributed by atoms with Crippen molar-refractivity contribution >= 4 is 11.5 Å². The Bertz CT molecular complexity index is 544. The second kappa shape index (κ2) is 6.04. The summed E-state index contributed by atoms with van der Waals surface area (Å²) in [4.78, 5) is 8.41. The van der Waals surface area contributed by atoms with E-state index in [-0.39, 0.29) is 6.04 Å². The van der Waals surface area contributed by atoms with E-state index in [1.807, 2.05) is 38.1 Å². The summed E-state index contributed by atoms with van der Waals surface area (Å²) >= 11 is 0. The molecule has 0 amide bonds. The third-order valence-electron chi connectivity index (χ3n) is 2.73. The first-order valence-corrected chi connectivity index (χ1v) is 6.26. The molecule has 0 radical (unpaired) electrons. The average Bonchev–Trinajstić information content (AvgIpc) is 2.40. The molecular formula is C14H18N4O. The lowest BCUT2D eigenvalue weighted by atomic mass is 10.1. The fourth-order valence-electron chi connectivity index (χ4n) is 1.84. The molecule has 2 rings (SSSR count). The van der Waals surface area contributed by atoms with Gasteiger partial charge in [-0.1, -0.05) is 18.2 Å². The van der Waals surface area contributed by atoms with E-state index < -0.39 is 0 Å². The van der Waals surface area contributed by atoms with E-state index in [1.165, 1.54) is 0 Å². The number of ether oxygens (including phenoxy) is 1. The molecule has 0 aliphatic heterocycles. The molecule has 1 unspecified atom stereocenters. The monoisotopic (exact) mass is 258 g/mol. The molecule has 2 aromatic rings. The van der Waals surface area contributed by atoms with Crippen LogP contribution in [0.5, 0.6) is 5.88 Å². The van der Waals surface area contributed by atoms with Crippen LogP contribution in [-0.2, 0) is 0 Å². The van der Waals surface area contributed by atoms with E-state index in [9.17, 15) is 0 Å². The maximum atomic E-state index is 5.95. The number of hydrogen-bond acceptors (Lipinski definition) is 5. The minimum atomic E-state index is 0.0485. The van der Waals surface area contributed by atoms with E-state index >= 15 is 0 Å². The lowest BCUT2D eigenvalue weighted by molar-refractivity contribution is 0.325. The summed E-state index contributed by atoms with van der Waals surface area (Å²) in [7, 11) is 0. The number of nitrogens with one attached hydrogen (secondary N) is 1. The van der Waals surface area contributed by atoms with Crippen LogP contribution in [0.4, 0.5) is 11.5 Å². The molecule has 5 nitrogen and oxygen atoms in total. The quantitative estimate of drug-likeness (QED) is 0.806. The number of nitrogens with zero attached hydrogens (tertiary/aromatic N) is 2. The van der Waals surface area contributed by atoms with Crippen LogP contribution in [0.2, 0.25) is 0 Å². The molecular weight excluding hydrogens is 240 g/mol. The third-order valence-corrected chi connectivity index (χ3v) is 2.73. The molecule has 3 N–H and O–H groups in total. The molecule has 0 spiro atoms. The zero-order chi connectivity index (χ0) is 13.7. The van der Waals surface area contributed by atoms with Gasteiger partial charge in [0.15, 0.2) is 0 Å². The fraction of sp³-hybridized carbons (Fsp3) is 0.286. The van der Waals surface area contributed by atoms with E-state index in [1.54, 1.807) is 12.4 Å². The van der Waals surface area contributed by atoms with Gasteiger partial charge in [-0.25, -0.2) is 0 Å². The first-order chi connectivity index (χ1) is 9.20. The summed E-state index contributed by atoms with van der Waals surface area (Å²) < 4.78 is 5.32. The first kappa shape index (κ1) is 13.1. The van der Waals surface area contributed by atoms with Crippen molar-refractivity contribution in [2.75, 3.05) is 17.7 Å². The summed E-state index contributed by atoms with van der Waals surface area (Å²) in [5, 5.41) is 3.26. The highest BCUT2D eigenvalue weighted by Crippen LogP contribution is 2.23. The van der Waals surface area contributed by atoms with Gasteiger partial charge in [0.05, 0.1) is 25.0 Å². The number of benzene rings is 1. The van der Waals surface area contributed by atoms with Crippen molar-refractivity contribution in [3.05, 3.63) is 42.2 Å². The van der Waals surface area contributed by atoms with Gasteiger partial charge in [-0.3, -0.25) is 4.98 Å².